The molecule has 1 aliphatic heterocycles. The molecule has 1 fully saturated rings. The number of halogens is 3. The van der Waals surface area contributed by atoms with Crippen LogP contribution in [0, 0.1) is 0 Å². The van der Waals surface area contributed by atoms with Crippen molar-refractivity contribution in [2.24, 2.45) is 0 Å². The molecule has 0 amide bonds. The van der Waals surface area contributed by atoms with Gasteiger partial charge in [0.15, 0.2) is 0 Å². The maximum atomic E-state index is 12.5. The van der Waals surface area contributed by atoms with E-state index in [0.29, 0.717) is 13.0 Å². The summed E-state index contributed by atoms with van der Waals surface area (Å²) in [5.41, 5.74) is 0.0582. The Balaban J connectivity index is 2.26. The Morgan fingerprint density at radius 3 is 2.62 bits per heavy atom. The summed E-state index contributed by atoms with van der Waals surface area (Å²) in [7, 11) is 1.24. The van der Waals surface area contributed by atoms with Crippen molar-refractivity contribution in [3.05, 3.63) is 29.3 Å². The molecule has 5 heteroatoms. The molecule has 16 heavy (non-hydrogen) atoms. The highest BCUT2D eigenvalue weighted by Gasteiger charge is 2.34. The number of epoxide rings is 1. The lowest BCUT2D eigenvalue weighted by Crippen LogP contribution is -2.08. The van der Waals surface area contributed by atoms with Gasteiger partial charge in [0.1, 0.15) is 5.75 Å². The number of alkyl halides is 3. The molecule has 0 aromatic heterocycles. The molecule has 1 aliphatic rings. The minimum absolute atomic E-state index is 0.134. The van der Waals surface area contributed by atoms with E-state index in [4.69, 9.17) is 9.47 Å². The molecular weight excluding hydrogens is 221 g/mol. The summed E-state index contributed by atoms with van der Waals surface area (Å²) in [5, 5.41) is 0. The summed E-state index contributed by atoms with van der Waals surface area (Å²) in [6, 6.07) is 3.94. The Hall–Kier alpha value is -1.23. The Kier molecular flexibility index (Phi) is 2.80. The van der Waals surface area contributed by atoms with Crippen molar-refractivity contribution in [3.8, 4) is 5.75 Å². The number of hydrogen-bond acceptors (Lipinski definition) is 2. The first kappa shape index (κ1) is 11.3. The second-order valence-electron chi connectivity index (χ2n) is 3.69. The van der Waals surface area contributed by atoms with Crippen LogP contribution < -0.4 is 4.74 Å². The molecule has 1 atom stereocenters. The fourth-order valence-electron chi connectivity index (χ4n) is 1.55. The zero-order valence-corrected chi connectivity index (χ0v) is 8.67. The molecule has 0 radical (unpaired) electrons. The molecule has 2 rings (SSSR count). The third-order valence-corrected chi connectivity index (χ3v) is 2.44. The molecule has 0 saturated carbocycles. The van der Waals surface area contributed by atoms with Crippen molar-refractivity contribution in [1.29, 1.82) is 0 Å². The third kappa shape index (κ3) is 2.47. The number of methoxy groups -OCH3 is 1. The first-order valence-corrected chi connectivity index (χ1v) is 4.86. The van der Waals surface area contributed by atoms with Crippen molar-refractivity contribution in [3.63, 3.8) is 0 Å². The highest BCUT2D eigenvalue weighted by atomic mass is 19.4. The molecule has 1 unspecified atom stereocenters. The van der Waals surface area contributed by atoms with Gasteiger partial charge in [0.2, 0.25) is 0 Å². The molecule has 0 bridgehead atoms. The van der Waals surface area contributed by atoms with Gasteiger partial charge in [-0.15, -0.1) is 0 Å². The molecule has 0 aliphatic carbocycles. The highest BCUT2D eigenvalue weighted by Crippen LogP contribution is 2.36. The van der Waals surface area contributed by atoms with Crippen LogP contribution in [0.2, 0.25) is 0 Å². The Morgan fingerprint density at radius 2 is 2.12 bits per heavy atom. The van der Waals surface area contributed by atoms with Gasteiger partial charge in [-0.05, 0) is 17.7 Å². The van der Waals surface area contributed by atoms with Crippen molar-refractivity contribution in [2.45, 2.75) is 18.7 Å². The predicted molar refractivity (Wildman–Crippen MR) is 51.4 cm³/mol. The van der Waals surface area contributed by atoms with Gasteiger partial charge in [-0.25, -0.2) is 0 Å². The van der Waals surface area contributed by atoms with Crippen molar-refractivity contribution in [1.82, 2.24) is 0 Å². The van der Waals surface area contributed by atoms with Crippen molar-refractivity contribution < 1.29 is 22.6 Å². The number of benzene rings is 1. The average molecular weight is 232 g/mol. The van der Waals surface area contributed by atoms with Gasteiger partial charge in [0, 0.05) is 6.42 Å². The summed E-state index contributed by atoms with van der Waals surface area (Å²) in [6.07, 6.45) is -3.59. The Bertz CT molecular complexity index is 383. The predicted octanol–water partition coefficient (Wildman–Crippen LogP) is 2.66. The fraction of sp³-hybridized carbons (Fsp3) is 0.455. The average Bonchev–Trinajstić information content (AvgIpc) is 3.00. The van der Waals surface area contributed by atoms with Crippen LogP contribution in [-0.2, 0) is 17.3 Å². The van der Waals surface area contributed by atoms with E-state index >= 15 is 0 Å². The summed E-state index contributed by atoms with van der Waals surface area (Å²) >= 11 is 0. The highest BCUT2D eigenvalue weighted by molar-refractivity contribution is 5.39. The van der Waals surface area contributed by atoms with E-state index in [-0.39, 0.29) is 11.9 Å². The molecule has 1 aromatic carbocycles. The maximum absolute atomic E-state index is 12.5. The van der Waals surface area contributed by atoms with Crippen LogP contribution in [0.25, 0.3) is 0 Å². The van der Waals surface area contributed by atoms with Crippen LogP contribution in [0.15, 0.2) is 18.2 Å². The van der Waals surface area contributed by atoms with Gasteiger partial charge in [-0.1, -0.05) is 6.07 Å². The SMILES string of the molecule is COc1cc(CC2CO2)ccc1C(F)(F)F. The topological polar surface area (TPSA) is 21.8 Å². The van der Waals surface area contributed by atoms with Crippen LogP contribution in [0.4, 0.5) is 13.2 Å². The molecule has 1 saturated heterocycles. The van der Waals surface area contributed by atoms with Gasteiger partial charge in [-0.2, -0.15) is 13.2 Å². The summed E-state index contributed by atoms with van der Waals surface area (Å²) in [4.78, 5) is 0. The van der Waals surface area contributed by atoms with Crippen LogP contribution >= 0.6 is 0 Å². The Morgan fingerprint density at radius 1 is 1.44 bits per heavy atom. The fourth-order valence-corrected chi connectivity index (χ4v) is 1.55. The number of hydrogen-bond donors (Lipinski definition) is 0. The van der Waals surface area contributed by atoms with E-state index in [2.05, 4.69) is 0 Å². The minimum Gasteiger partial charge on any atom is -0.496 e. The first-order chi connectivity index (χ1) is 7.50. The van der Waals surface area contributed by atoms with Crippen LogP contribution in [0.1, 0.15) is 11.1 Å². The van der Waals surface area contributed by atoms with Gasteiger partial charge >= 0.3 is 6.18 Å². The standard InChI is InChI=1S/C11H11F3O2/c1-15-10-5-7(4-8-6-16-8)2-3-9(10)11(12,13)14/h2-3,5,8H,4,6H2,1H3. The lowest BCUT2D eigenvalue weighted by Gasteiger charge is -2.12. The van der Waals surface area contributed by atoms with Gasteiger partial charge in [0.05, 0.1) is 25.4 Å². The number of ether oxygens (including phenoxy) is 2. The van der Waals surface area contributed by atoms with E-state index in [9.17, 15) is 13.2 Å². The Labute approximate surface area is 91.0 Å². The molecule has 0 spiro atoms. The normalized spacial score (nSPS) is 19.6. The van der Waals surface area contributed by atoms with E-state index in [0.717, 1.165) is 11.6 Å². The van der Waals surface area contributed by atoms with Crippen molar-refractivity contribution >= 4 is 0 Å². The lowest BCUT2D eigenvalue weighted by atomic mass is 10.1. The van der Waals surface area contributed by atoms with Crippen LogP contribution in [0.3, 0.4) is 0 Å². The van der Waals surface area contributed by atoms with Gasteiger partial charge < -0.3 is 9.47 Å². The van der Waals surface area contributed by atoms with E-state index in [1.807, 2.05) is 0 Å². The monoisotopic (exact) mass is 232 g/mol. The van der Waals surface area contributed by atoms with E-state index in [1.165, 1.54) is 19.2 Å². The maximum Gasteiger partial charge on any atom is 0.419 e. The lowest BCUT2D eigenvalue weighted by molar-refractivity contribution is -0.138. The van der Waals surface area contributed by atoms with Gasteiger partial charge in [0.25, 0.3) is 0 Å². The molecular formula is C11H11F3O2. The quantitative estimate of drug-likeness (QED) is 0.747. The van der Waals surface area contributed by atoms with E-state index < -0.39 is 11.7 Å². The van der Waals surface area contributed by atoms with Crippen molar-refractivity contribution in [2.75, 3.05) is 13.7 Å². The van der Waals surface area contributed by atoms with Gasteiger partial charge in [-0.3, -0.25) is 0 Å². The van der Waals surface area contributed by atoms with Crippen LogP contribution in [-0.4, -0.2) is 19.8 Å². The molecule has 0 N–H and O–H groups in total. The third-order valence-electron chi connectivity index (χ3n) is 2.44. The molecule has 1 heterocycles. The first-order valence-electron chi connectivity index (χ1n) is 4.86. The second kappa shape index (κ2) is 3.97. The summed E-state index contributed by atoms with van der Waals surface area (Å²) < 4.78 is 47.4. The zero-order chi connectivity index (χ0) is 11.8. The number of rotatable bonds is 3. The molecule has 88 valence electrons. The molecule has 1 aromatic rings. The minimum atomic E-state index is -4.38. The second-order valence-corrected chi connectivity index (χ2v) is 3.69. The largest absolute Gasteiger partial charge is 0.496 e. The van der Waals surface area contributed by atoms with Crippen LogP contribution in [0.5, 0.6) is 5.75 Å². The van der Waals surface area contributed by atoms with E-state index in [1.54, 1.807) is 0 Å². The summed E-state index contributed by atoms with van der Waals surface area (Å²) in [6.45, 7) is 0.684. The molecule has 2 nitrogen and oxygen atoms in total. The smallest absolute Gasteiger partial charge is 0.419 e. The zero-order valence-electron chi connectivity index (χ0n) is 8.67. The summed E-state index contributed by atoms with van der Waals surface area (Å²) in [5.74, 6) is -0.134.